The van der Waals surface area contributed by atoms with Crippen molar-refractivity contribution in [2.45, 2.75) is 25.6 Å². The predicted octanol–water partition coefficient (Wildman–Crippen LogP) is 4.35. The lowest BCUT2D eigenvalue weighted by molar-refractivity contribution is -0.137. The van der Waals surface area contributed by atoms with Crippen LogP contribution in [0.4, 0.5) is 18.9 Å². The third kappa shape index (κ3) is 3.07. The van der Waals surface area contributed by atoms with E-state index in [0.717, 1.165) is 6.07 Å². The molecule has 0 fully saturated rings. The van der Waals surface area contributed by atoms with Crippen LogP contribution < -0.4 is 10.2 Å². The van der Waals surface area contributed by atoms with E-state index in [-0.39, 0.29) is 15.8 Å². The number of hydrogen-bond acceptors (Lipinski definition) is 1. The minimum absolute atomic E-state index is 0.0290. The fraction of sp³-hybridized carbons (Fsp3) is 0.308. The zero-order valence-corrected chi connectivity index (χ0v) is 12.3. The summed E-state index contributed by atoms with van der Waals surface area (Å²) in [6, 6.07) is 3.61. The van der Waals surface area contributed by atoms with Crippen molar-refractivity contribution in [1.82, 2.24) is 5.32 Å². The summed E-state index contributed by atoms with van der Waals surface area (Å²) in [5, 5.41) is 3.21. The van der Waals surface area contributed by atoms with E-state index in [0.29, 0.717) is 0 Å². The Labute approximate surface area is 125 Å². The van der Waals surface area contributed by atoms with Crippen LogP contribution in [0.25, 0.3) is 0 Å². The van der Waals surface area contributed by atoms with Gasteiger partial charge in [0.05, 0.1) is 16.8 Å². The molecule has 1 aromatic carbocycles. The maximum Gasteiger partial charge on any atom is 0.418 e. The van der Waals surface area contributed by atoms with E-state index < -0.39 is 17.3 Å². The van der Waals surface area contributed by atoms with Crippen LogP contribution in [0.2, 0.25) is 5.02 Å². The van der Waals surface area contributed by atoms with Crippen molar-refractivity contribution in [1.29, 1.82) is 0 Å². The molecule has 2 rings (SSSR count). The lowest BCUT2D eigenvalue weighted by atomic mass is 10.0. The van der Waals surface area contributed by atoms with Crippen molar-refractivity contribution in [3.63, 3.8) is 0 Å². The Morgan fingerprint density at radius 1 is 1.30 bits per heavy atom. The van der Waals surface area contributed by atoms with Gasteiger partial charge in [0, 0.05) is 11.2 Å². The van der Waals surface area contributed by atoms with Crippen molar-refractivity contribution in [3.8, 4) is 0 Å². The van der Waals surface area contributed by atoms with Gasteiger partial charge >= 0.3 is 6.18 Å². The van der Waals surface area contributed by atoms with E-state index in [4.69, 9.17) is 23.8 Å². The van der Waals surface area contributed by atoms with Crippen molar-refractivity contribution in [2.75, 3.05) is 4.90 Å². The molecular weight excluding hydrogens is 309 g/mol. The molecule has 0 radical (unpaired) electrons. The van der Waals surface area contributed by atoms with Gasteiger partial charge in [-0.05, 0) is 50.3 Å². The zero-order valence-electron chi connectivity index (χ0n) is 10.8. The van der Waals surface area contributed by atoms with Gasteiger partial charge in [-0.2, -0.15) is 13.2 Å². The second-order valence-corrected chi connectivity index (χ2v) is 5.82. The summed E-state index contributed by atoms with van der Waals surface area (Å²) < 4.78 is 39.3. The summed E-state index contributed by atoms with van der Waals surface area (Å²) in [4.78, 5) is 1.29. The average molecular weight is 321 g/mol. The third-order valence-electron chi connectivity index (χ3n) is 2.81. The van der Waals surface area contributed by atoms with Gasteiger partial charge in [0.25, 0.3) is 0 Å². The lowest BCUT2D eigenvalue weighted by Crippen LogP contribution is -2.51. The largest absolute Gasteiger partial charge is 0.418 e. The van der Waals surface area contributed by atoms with Crippen LogP contribution in [0.1, 0.15) is 19.4 Å². The number of nitrogens with one attached hydrogen (secondary N) is 1. The number of hydrogen-bond donors (Lipinski definition) is 1. The van der Waals surface area contributed by atoms with Crippen LogP contribution >= 0.6 is 23.8 Å². The molecule has 0 aliphatic carbocycles. The smallest absolute Gasteiger partial charge is 0.354 e. The molecule has 0 saturated heterocycles. The molecule has 0 atom stereocenters. The normalized spacial score (nSPS) is 18.1. The number of rotatable bonds is 1. The van der Waals surface area contributed by atoms with Gasteiger partial charge < -0.3 is 5.32 Å². The van der Waals surface area contributed by atoms with Gasteiger partial charge in [-0.25, -0.2) is 0 Å². The van der Waals surface area contributed by atoms with Gasteiger partial charge in [-0.3, -0.25) is 4.90 Å². The number of benzene rings is 1. The van der Waals surface area contributed by atoms with Gasteiger partial charge in [0.1, 0.15) is 0 Å². The molecule has 2 nitrogen and oxygen atoms in total. The van der Waals surface area contributed by atoms with Crippen LogP contribution in [0.3, 0.4) is 0 Å². The SMILES string of the molecule is CC1(C)C=CN(c2ccc(Cl)cc2C(F)(F)F)C(=S)N1. The lowest BCUT2D eigenvalue weighted by Gasteiger charge is -2.35. The second-order valence-electron chi connectivity index (χ2n) is 5.00. The average Bonchev–Trinajstić information content (AvgIpc) is 2.27. The molecule has 0 amide bonds. The molecule has 1 heterocycles. The fourth-order valence-electron chi connectivity index (χ4n) is 1.84. The first-order valence-corrected chi connectivity index (χ1v) is 6.56. The molecule has 0 aromatic heterocycles. The molecule has 1 aliphatic rings. The Morgan fingerprint density at radius 3 is 2.50 bits per heavy atom. The Bertz CT molecular complexity index is 581. The summed E-state index contributed by atoms with van der Waals surface area (Å²) in [6.07, 6.45) is -1.22. The van der Waals surface area contributed by atoms with E-state index in [1.807, 2.05) is 13.8 Å². The molecule has 1 N–H and O–H groups in total. The summed E-state index contributed by atoms with van der Waals surface area (Å²) in [6.45, 7) is 3.75. The van der Waals surface area contributed by atoms with Crippen LogP contribution in [0, 0.1) is 0 Å². The number of thiocarbonyl (C=S) groups is 1. The van der Waals surface area contributed by atoms with Crippen LogP contribution in [-0.4, -0.2) is 10.7 Å². The second kappa shape index (κ2) is 4.93. The van der Waals surface area contributed by atoms with Crippen molar-refractivity contribution in [3.05, 3.63) is 41.1 Å². The number of anilines is 1. The fourth-order valence-corrected chi connectivity index (χ4v) is 2.44. The number of nitrogens with zero attached hydrogens (tertiary/aromatic N) is 1. The molecule has 1 aliphatic heterocycles. The molecular formula is C13H12ClF3N2S. The standard InChI is InChI=1S/C13H12ClF3N2S/c1-12(2)5-6-19(11(20)18-12)10-4-3-8(14)7-9(10)13(15,16)17/h3-7H,1-2H3,(H,18,20). The Kier molecular flexibility index (Phi) is 3.73. The van der Waals surface area contributed by atoms with Crippen LogP contribution in [0.15, 0.2) is 30.5 Å². The highest BCUT2D eigenvalue weighted by molar-refractivity contribution is 7.80. The molecule has 1 aromatic rings. The molecule has 7 heteroatoms. The van der Waals surface area contributed by atoms with Crippen molar-refractivity contribution in [2.24, 2.45) is 0 Å². The Hall–Kier alpha value is -1.27. The monoisotopic (exact) mass is 320 g/mol. The van der Waals surface area contributed by atoms with Crippen molar-refractivity contribution < 1.29 is 13.2 Å². The van der Waals surface area contributed by atoms with E-state index >= 15 is 0 Å². The highest BCUT2D eigenvalue weighted by Gasteiger charge is 2.36. The molecule has 0 spiro atoms. The quantitative estimate of drug-likeness (QED) is 0.775. The first kappa shape index (κ1) is 15.1. The molecule has 108 valence electrons. The summed E-state index contributed by atoms with van der Waals surface area (Å²) in [5.41, 5.74) is -1.26. The topological polar surface area (TPSA) is 15.3 Å². The predicted molar refractivity (Wildman–Crippen MR) is 77.9 cm³/mol. The third-order valence-corrected chi connectivity index (χ3v) is 3.35. The van der Waals surface area contributed by atoms with E-state index in [1.54, 1.807) is 6.08 Å². The summed E-state index contributed by atoms with van der Waals surface area (Å²) >= 11 is 10.8. The Morgan fingerprint density at radius 2 is 1.95 bits per heavy atom. The highest BCUT2D eigenvalue weighted by Crippen LogP contribution is 2.39. The molecule has 0 unspecified atom stereocenters. The molecule has 20 heavy (non-hydrogen) atoms. The van der Waals surface area contributed by atoms with Gasteiger partial charge in [-0.15, -0.1) is 0 Å². The van der Waals surface area contributed by atoms with Crippen LogP contribution in [-0.2, 0) is 6.18 Å². The molecule has 0 bridgehead atoms. The van der Waals surface area contributed by atoms with Gasteiger partial charge in [0.15, 0.2) is 5.11 Å². The van der Waals surface area contributed by atoms with Crippen molar-refractivity contribution >= 4 is 34.6 Å². The van der Waals surface area contributed by atoms with Crippen LogP contribution in [0.5, 0.6) is 0 Å². The van der Waals surface area contributed by atoms with E-state index in [2.05, 4.69) is 5.32 Å². The van der Waals surface area contributed by atoms with E-state index in [9.17, 15) is 13.2 Å². The Balaban J connectivity index is 2.51. The summed E-state index contributed by atoms with van der Waals surface area (Å²) in [7, 11) is 0. The maximum absolute atomic E-state index is 13.1. The number of halogens is 4. The van der Waals surface area contributed by atoms with E-state index in [1.165, 1.54) is 23.2 Å². The van der Waals surface area contributed by atoms with Gasteiger partial charge in [-0.1, -0.05) is 11.6 Å². The minimum Gasteiger partial charge on any atom is -0.354 e. The highest BCUT2D eigenvalue weighted by atomic mass is 35.5. The zero-order chi connectivity index (χ0) is 15.1. The minimum atomic E-state index is -4.50. The maximum atomic E-state index is 13.1. The number of alkyl halides is 3. The molecule has 0 saturated carbocycles. The summed E-state index contributed by atoms with van der Waals surface area (Å²) in [5.74, 6) is 0. The van der Waals surface area contributed by atoms with Gasteiger partial charge in [0.2, 0.25) is 0 Å². The first-order chi connectivity index (χ1) is 9.10. The first-order valence-electron chi connectivity index (χ1n) is 5.78.